The van der Waals surface area contributed by atoms with Gasteiger partial charge in [-0.15, -0.1) is 5.12 Å². The van der Waals surface area contributed by atoms with Gasteiger partial charge in [-0.25, -0.2) is 4.79 Å². The normalized spacial score (nSPS) is 12.4. The van der Waals surface area contributed by atoms with Crippen LogP contribution >= 0.6 is 0 Å². The summed E-state index contributed by atoms with van der Waals surface area (Å²) < 4.78 is 21.0. The third-order valence-electron chi connectivity index (χ3n) is 1.01. The Balaban J connectivity index is 3.81. The van der Waals surface area contributed by atoms with Crippen molar-refractivity contribution < 1.29 is 18.7 Å². The lowest BCUT2D eigenvalue weighted by Gasteiger charge is -2.15. The maximum atomic E-state index is 12.4. The lowest BCUT2D eigenvalue weighted by Crippen LogP contribution is -2.32. The van der Waals surface area contributed by atoms with Crippen molar-refractivity contribution >= 4 is 6.09 Å². The topological polar surface area (TPSA) is 38.8 Å². The minimum atomic E-state index is -1.06. The van der Waals surface area contributed by atoms with Crippen molar-refractivity contribution in [2.75, 3.05) is 14.2 Å². The molecule has 0 spiro atoms. The molecule has 0 saturated carbocycles. The second-order valence-corrected chi connectivity index (χ2v) is 1.62. The molecule has 1 atom stereocenters. The van der Waals surface area contributed by atoms with E-state index in [1.54, 1.807) is 0 Å². The molecule has 0 saturated heterocycles. The molecule has 0 rings (SSSR count). The van der Waals surface area contributed by atoms with Crippen LogP contribution in [0, 0.1) is 0 Å². The molecular weight excluding hydrogens is 141 g/mol. The molecule has 1 unspecified atom stereocenters. The van der Waals surface area contributed by atoms with Crippen molar-refractivity contribution in [3.8, 4) is 0 Å². The van der Waals surface area contributed by atoms with Gasteiger partial charge < -0.3 is 9.47 Å². The summed E-state index contributed by atoms with van der Waals surface area (Å²) >= 11 is 0. The van der Waals surface area contributed by atoms with Crippen LogP contribution < -0.4 is 0 Å². The maximum Gasteiger partial charge on any atom is 0.440 e. The molecule has 0 radical (unpaired) electrons. The SMILES string of the molecule is COC(=O)N(F)C(C)OC. The largest absolute Gasteiger partial charge is 0.451 e. The number of rotatable bonds is 2. The molecule has 0 aromatic rings. The lowest BCUT2D eigenvalue weighted by atomic mass is 10.6. The van der Waals surface area contributed by atoms with Gasteiger partial charge >= 0.3 is 6.09 Å². The second-order valence-electron chi connectivity index (χ2n) is 1.62. The number of amides is 1. The van der Waals surface area contributed by atoms with Gasteiger partial charge in [-0.2, -0.15) is 0 Å². The van der Waals surface area contributed by atoms with Crippen molar-refractivity contribution in [3.63, 3.8) is 0 Å². The van der Waals surface area contributed by atoms with E-state index in [0.29, 0.717) is 0 Å². The van der Waals surface area contributed by atoms with Gasteiger partial charge in [0.05, 0.1) is 7.11 Å². The van der Waals surface area contributed by atoms with Crippen LogP contribution in [-0.2, 0) is 9.47 Å². The van der Waals surface area contributed by atoms with E-state index in [-0.39, 0.29) is 5.12 Å². The Hall–Kier alpha value is -0.840. The number of hydrogen-bond donors (Lipinski definition) is 0. The Kier molecular flexibility index (Phi) is 3.71. The molecule has 0 aliphatic rings. The average molecular weight is 151 g/mol. The number of ether oxygens (including phenoxy) is 2. The van der Waals surface area contributed by atoms with Gasteiger partial charge in [-0.3, -0.25) is 0 Å². The van der Waals surface area contributed by atoms with Gasteiger partial charge in [0.1, 0.15) is 0 Å². The van der Waals surface area contributed by atoms with Crippen molar-refractivity contribution in [2.24, 2.45) is 0 Å². The highest BCUT2D eigenvalue weighted by atomic mass is 19.2. The molecule has 1 amide bonds. The van der Waals surface area contributed by atoms with Gasteiger partial charge in [-0.05, 0) is 6.92 Å². The third-order valence-corrected chi connectivity index (χ3v) is 1.01. The number of carbonyl (C=O) groups excluding carboxylic acids is 1. The molecule has 4 nitrogen and oxygen atoms in total. The van der Waals surface area contributed by atoms with E-state index in [1.807, 2.05) is 0 Å². The van der Waals surface area contributed by atoms with E-state index in [9.17, 15) is 9.28 Å². The highest BCUT2D eigenvalue weighted by Crippen LogP contribution is 2.01. The van der Waals surface area contributed by atoms with Gasteiger partial charge in [0.2, 0.25) is 0 Å². The third kappa shape index (κ3) is 2.18. The molecule has 0 aromatic carbocycles. The van der Waals surface area contributed by atoms with Crippen molar-refractivity contribution in [2.45, 2.75) is 13.2 Å². The summed E-state index contributed by atoms with van der Waals surface area (Å²) in [6.45, 7) is 1.39. The number of nitrogens with zero attached hydrogens (tertiary/aromatic N) is 1. The van der Waals surface area contributed by atoms with E-state index < -0.39 is 12.3 Å². The van der Waals surface area contributed by atoms with Gasteiger partial charge in [0, 0.05) is 7.11 Å². The number of methoxy groups -OCH3 is 2. The first-order chi connectivity index (χ1) is 4.63. The van der Waals surface area contributed by atoms with E-state index in [2.05, 4.69) is 9.47 Å². The van der Waals surface area contributed by atoms with Crippen LogP contribution in [0.2, 0.25) is 0 Å². The van der Waals surface area contributed by atoms with Crippen LogP contribution in [0.3, 0.4) is 0 Å². The molecule has 0 N–H and O–H groups in total. The Morgan fingerprint density at radius 3 is 2.40 bits per heavy atom. The van der Waals surface area contributed by atoms with Crippen molar-refractivity contribution in [3.05, 3.63) is 0 Å². The summed E-state index contributed by atoms with van der Waals surface area (Å²) in [7, 11) is 2.39. The first kappa shape index (κ1) is 9.16. The van der Waals surface area contributed by atoms with Crippen LogP contribution in [0.15, 0.2) is 0 Å². The van der Waals surface area contributed by atoms with E-state index >= 15 is 0 Å². The molecular formula is C5H10FNO3. The lowest BCUT2D eigenvalue weighted by molar-refractivity contribution is -0.108. The monoisotopic (exact) mass is 151 g/mol. The van der Waals surface area contributed by atoms with Gasteiger partial charge in [0.15, 0.2) is 6.23 Å². The summed E-state index contributed by atoms with van der Waals surface area (Å²) in [5.74, 6) is 0. The predicted octanol–water partition coefficient (Wildman–Crippen LogP) is 0.932. The summed E-state index contributed by atoms with van der Waals surface area (Å²) in [6, 6.07) is 0. The van der Waals surface area contributed by atoms with E-state index in [0.717, 1.165) is 7.11 Å². The number of halogens is 1. The summed E-state index contributed by atoms with van der Waals surface area (Å²) in [5.41, 5.74) is 0. The molecule has 5 heteroatoms. The Morgan fingerprint density at radius 1 is 1.60 bits per heavy atom. The average Bonchev–Trinajstić information content (AvgIpc) is 2.00. The zero-order valence-electron chi connectivity index (χ0n) is 6.13. The first-order valence-corrected chi connectivity index (χ1v) is 2.69. The molecule has 0 aromatic heterocycles. The number of hydrogen-bond acceptors (Lipinski definition) is 3. The maximum absolute atomic E-state index is 12.4. The minimum absolute atomic E-state index is 0.139. The highest BCUT2D eigenvalue weighted by Gasteiger charge is 2.19. The molecule has 60 valence electrons. The Bertz CT molecular complexity index is 119. The zero-order chi connectivity index (χ0) is 8.15. The second kappa shape index (κ2) is 4.05. The number of carbonyl (C=O) groups is 1. The fraction of sp³-hybridized carbons (Fsp3) is 0.800. The van der Waals surface area contributed by atoms with Gasteiger partial charge in [-0.1, -0.05) is 4.48 Å². The van der Waals surface area contributed by atoms with Crippen molar-refractivity contribution in [1.29, 1.82) is 0 Å². The zero-order valence-corrected chi connectivity index (χ0v) is 6.13. The summed E-state index contributed by atoms with van der Waals surface area (Å²) in [6.07, 6.45) is -1.97. The standard InChI is InChI=1S/C5H10FNO3/c1-4(9-2)7(6)5(8)10-3/h4H,1-3H3. The van der Waals surface area contributed by atoms with E-state index in [1.165, 1.54) is 14.0 Å². The Morgan fingerprint density at radius 2 is 2.10 bits per heavy atom. The molecule has 0 bridgehead atoms. The van der Waals surface area contributed by atoms with Crippen LogP contribution in [0.1, 0.15) is 6.92 Å². The minimum Gasteiger partial charge on any atom is -0.451 e. The molecule has 0 aliphatic heterocycles. The highest BCUT2D eigenvalue weighted by molar-refractivity contribution is 5.66. The van der Waals surface area contributed by atoms with Crippen LogP contribution in [-0.4, -0.2) is 31.7 Å². The molecule has 0 aliphatic carbocycles. The fourth-order valence-corrected chi connectivity index (χ4v) is 0.328. The molecule has 0 fully saturated rings. The smallest absolute Gasteiger partial charge is 0.440 e. The van der Waals surface area contributed by atoms with Crippen LogP contribution in [0.4, 0.5) is 9.28 Å². The van der Waals surface area contributed by atoms with Gasteiger partial charge in [0.25, 0.3) is 0 Å². The van der Waals surface area contributed by atoms with E-state index in [4.69, 9.17) is 0 Å². The van der Waals surface area contributed by atoms with Crippen molar-refractivity contribution in [1.82, 2.24) is 5.12 Å². The van der Waals surface area contributed by atoms with Crippen LogP contribution in [0.5, 0.6) is 0 Å². The quantitative estimate of drug-likeness (QED) is 0.435. The fourth-order valence-electron chi connectivity index (χ4n) is 0.328. The predicted molar refractivity (Wildman–Crippen MR) is 31.8 cm³/mol. The Labute approximate surface area is 58.4 Å². The molecule has 10 heavy (non-hydrogen) atoms. The first-order valence-electron chi connectivity index (χ1n) is 2.69. The van der Waals surface area contributed by atoms with Crippen LogP contribution in [0.25, 0.3) is 0 Å². The summed E-state index contributed by atoms with van der Waals surface area (Å²) in [5, 5.41) is -0.139. The molecule has 0 heterocycles. The summed E-state index contributed by atoms with van der Waals surface area (Å²) in [4.78, 5) is 10.4.